The number of nitrogens with zero attached hydrogens (tertiary/aromatic N) is 2. The number of amides is 2. The van der Waals surface area contributed by atoms with E-state index in [0.29, 0.717) is 0 Å². The third kappa shape index (κ3) is 5.11. The number of carbonyl (C=O) groups is 2. The first-order valence-corrected chi connectivity index (χ1v) is 5.46. The fraction of sp³-hybridized carbons (Fsp3) is 0.818. The third-order valence-corrected chi connectivity index (χ3v) is 2.36. The largest absolute Gasteiger partial charge is 0.353 e. The molecule has 94 valence electrons. The number of likely N-dealkylation sites (N-methyl/N-ethyl adjacent to an activating group) is 2. The van der Waals surface area contributed by atoms with E-state index in [1.807, 2.05) is 13.8 Å². The monoisotopic (exact) mass is 229 g/mol. The number of carbonyl (C=O) groups excluding carboxylic acids is 2. The van der Waals surface area contributed by atoms with Crippen molar-refractivity contribution in [2.75, 3.05) is 27.7 Å². The first-order chi connectivity index (χ1) is 7.25. The average molecular weight is 229 g/mol. The summed E-state index contributed by atoms with van der Waals surface area (Å²) in [6, 6.07) is -0.181. The molecule has 1 unspecified atom stereocenters. The molecule has 0 aromatic rings. The van der Waals surface area contributed by atoms with E-state index < -0.39 is 0 Å². The van der Waals surface area contributed by atoms with Crippen molar-refractivity contribution in [1.29, 1.82) is 0 Å². The zero-order valence-electron chi connectivity index (χ0n) is 11.1. The van der Waals surface area contributed by atoms with Gasteiger partial charge < -0.3 is 10.2 Å². The molecule has 1 atom stereocenters. The molecule has 0 aliphatic carbocycles. The van der Waals surface area contributed by atoms with E-state index in [0.717, 1.165) is 0 Å². The van der Waals surface area contributed by atoms with Gasteiger partial charge >= 0.3 is 0 Å². The minimum Gasteiger partial charge on any atom is -0.353 e. The molecule has 2 amide bonds. The highest BCUT2D eigenvalue weighted by Crippen LogP contribution is 1.97. The van der Waals surface area contributed by atoms with E-state index in [4.69, 9.17) is 0 Å². The second kappa shape index (κ2) is 6.48. The molecule has 16 heavy (non-hydrogen) atoms. The van der Waals surface area contributed by atoms with Gasteiger partial charge in [0.25, 0.3) is 0 Å². The summed E-state index contributed by atoms with van der Waals surface area (Å²) in [5, 5.41) is 2.82. The molecular formula is C11H23N3O2. The van der Waals surface area contributed by atoms with E-state index in [1.165, 1.54) is 4.90 Å². The minimum absolute atomic E-state index is 0.00769. The zero-order chi connectivity index (χ0) is 12.9. The Morgan fingerprint density at radius 3 is 2.00 bits per heavy atom. The molecule has 0 aromatic carbocycles. The van der Waals surface area contributed by atoms with Crippen LogP contribution in [0.5, 0.6) is 0 Å². The van der Waals surface area contributed by atoms with Crippen molar-refractivity contribution in [3.8, 4) is 0 Å². The summed E-state index contributed by atoms with van der Waals surface area (Å²) in [7, 11) is 5.18. The van der Waals surface area contributed by atoms with E-state index in [9.17, 15) is 9.59 Å². The van der Waals surface area contributed by atoms with Gasteiger partial charge in [-0.25, -0.2) is 0 Å². The molecule has 0 saturated carbocycles. The Labute approximate surface area is 97.8 Å². The molecule has 5 heteroatoms. The lowest BCUT2D eigenvalue weighted by atomic mass is 10.2. The van der Waals surface area contributed by atoms with Gasteiger partial charge in [-0.1, -0.05) is 0 Å². The van der Waals surface area contributed by atoms with Crippen LogP contribution in [0.4, 0.5) is 0 Å². The number of rotatable bonds is 5. The van der Waals surface area contributed by atoms with Crippen molar-refractivity contribution >= 4 is 11.8 Å². The van der Waals surface area contributed by atoms with Crippen LogP contribution in [0, 0.1) is 0 Å². The van der Waals surface area contributed by atoms with Crippen molar-refractivity contribution in [1.82, 2.24) is 15.1 Å². The van der Waals surface area contributed by atoms with Gasteiger partial charge in [0.1, 0.15) is 0 Å². The molecular weight excluding hydrogens is 206 g/mol. The molecule has 0 aliphatic rings. The molecule has 5 nitrogen and oxygen atoms in total. The van der Waals surface area contributed by atoms with Crippen LogP contribution in [0.3, 0.4) is 0 Å². The Balaban J connectivity index is 4.22. The Kier molecular flexibility index (Phi) is 6.03. The van der Waals surface area contributed by atoms with Crippen LogP contribution < -0.4 is 5.32 Å². The quantitative estimate of drug-likeness (QED) is 0.717. The first-order valence-electron chi connectivity index (χ1n) is 5.46. The molecule has 0 aromatic heterocycles. The number of hydrogen-bond acceptors (Lipinski definition) is 3. The molecule has 1 N–H and O–H groups in total. The fourth-order valence-corrected chi connectivity index (χ4v) is 1.10. The molecule has 0 spiro atoms. The van der Waals surface area contributed by atoms with Crippen LogP contribution >= 0.6 is 0 Å². The zero-order valence-corrected chi connectivity index (χ0v) is 11.1. The van der Waals surface area contributed by atoms with Gasteiger partial charge in [-0.15, -0.1) is 0 Å². The highest BCUT2D eigenvalue weighted by Gasteiger charge is 2.20. The summed E-state index contributed by atoms with van der Waals surface area (Å²) in [6.07, 6.45) is 0. The molecule has 0 heterocycles. The number of hydrogen-bond donors (Lipinski definition) is 1. The highest BCUT2D eigenvalue weighted by molar-refractivity contribution is 5.83. The Morgan fingerprint density at radius 1 is 1.12 bits per heavy atom. The maximum absolute atomic E-state index is 11.7. The van der Waals surface area contributed by atoms with Crippen molar-refractivity contribution in [2.24, 2.45) is 0 Å². The van der Waals surface area contributed by atoms with Gasteiger partial charge in [0, 0.05) is 20.1 Å². The average Bonchev–Trinajstić information content (AvgIpc) is 2.14. The lowest BCUT2D eigenvalue weighted by Gasteiger charge is -2.25. The van der Waals surface area contributed by atoms with Crippen molar-refractivity contribution in [2.45, 2.75) is 32.9 Å². The molecule has 0 saturated heterocycles. The van der Waals surface area contributed by atoms with Gasteiger partial charge in [-0.3, -0.25) is 14.5 Å². The molecule has 0 aliphatic heterocycles. The topological polar surface area (TPSA) is 52.7 Å². The maximum Gasteiger partial charge on any atom is 0.237 e. The summed E-state index contributed by atoms with van der Waals surface area (Å²) < 4.78 is 0. The summed E-state index contributed by atoms with van der Waals surface area (Å²) >= 11 is 0. The van der Waals surface area contributed by atoms with Crippen LogP contribution in [0.15, 0.2) is 0 Å². The van der Waals surface area contributed by atoms with E-state index in [-0.39, 0.29) is 30.4 Å². The fourth-order valence-electron chi connectivity index (χ4n) is 1.10. The van der Waals surface area contributed by atoms with Crippen molar-refractivity contribution in [3.63, 3.8) is 0 Å². The van der Waals surface area contributed by atoms with Gasteiger partial charge in [0.05, 0.1) is 12.6 Å². The highest BCUT2D eigenvalue weighted by atomic mass is 16.2. The van der Waals surface area contributed by atoms with Crippen LogP contribution in [0.25, 0.3) is 0 Å². The molecule has 0 rings (SSSR count). The Morgan fingerprint density at radius 2 is 1.62 bits per heavy atom. The standard InChI is InChI=1S/C11H23N3O2/c1-8(2)12-11(16)9(3)14(6)7-10(15)13(4)5/h8-9H,7H2,1-6H3,(H,12,16). The lowest BCUT2D eigenvalue weighted by Crippen LogP contribution is -2.48. The second-order valence-electron chi connectivity index (χ2n) is 4.54. The Bertz CT molecular complexity index is 252. The van der Waals surface area contributed by atoms with E-state index in [1.54, 1.807) is 33.0 Å². The number of nitrogens with one attached hydrogen (secondary N) is 1. The van der Waals surface area contributed by atoms with Crippen LogP contribution in [-0.4, -0.2) is 61.4 Å². The summed E-state index contributed by atoms with van der Waals surface area (Å²) in [4.78, 5) is 26.4. The Hall–Kier alpha value is -1.10. The summed E-state index contributed by atoms with van der Waals surface area (Å²) in [6.45, 7) is 5.87. The minimum atomic E-state index is -0.300. The molecule has 0 radical (unpaired) electrons. The van der Waals surface area contributed by atoms with E-state index >= 15 is 0 Å². The first kappa shape index (κ1) is 14.9. The predicted octanol–water partition coefficient (Wildman–Crippen LogP) is -0.0805. The van der Waals surface area contributed by atoms with E-state index in [2.05, 4.69) is 5.32 Å². The van der Waals surface area contributed by atoms with Crippen molar-refractivity contribution in [3.05, 3.63) is 0 Å². The predicted molar refractivity (Wildman–Crippen MR) is 64.1 cm³/mol. The molecule has 0 fully saturated rings. The van der Waals surface area contributed by atoms with Gasteiger partial charge in [0.15, 0.2) is 0 Å². The normalized spacial score (nSPS) is 12.8. The van der Waals surface area contributed by atoms with Gasteiger partial charge in [-0.2, -0.15) is 0 Å². The molecule has 0 bridgehead atoms. The maximum atomic E-state index is 11.7. The second-order valence-corrected chi connectivity index (χ2v) is 4.54. The van der Waals surface area contributed by atoms with Gasteiger partial charge in [0.2, 0.25) is 11.8 Å². The van der Waals surface area contributed by atoms with Crippen molar-refractivity contribution < 1.29 is 9.59 Å². The van der Waals surface area contributed by atoms with Crippen LogP contribution in [0.1, 0.15) is 20.8 Å². The summed E-state index contributed by atoms with van der Waals surface area (Å²) in [5.41, 5.74) is 0. The SMILES string of the molecule is CC(C)NC(=O)C(C)N(C)CC(=O)N(C)C. The summed E-state index contributed by atoms with van der Waals surface area (Å²) in [5.74, 6) is -0.0595. The third-order valence-electron chi connectivity index (χ3n) is 2.36. The van der Waals surface area contributed by atoms with Gasteiger partial charge in [-0.05, 0) is 27.8 Å². The van der Waals surface area contributed by atoms with Crippen LogP contribution in [-0.2, 0) is 9.59 Å². The smallest absolute Gasteiger partial charge is 0.237 e. The lowest BCUT2D eigenvalue weighted by molar-refractivity contribution is -0.132. The van der Waals surface area contributed by atoms with Crippen LogP contribution in [0.2, 0.25) is 0 Å².